The van der Waals surface area contributed by atoms with E-state index in [2.05, 4.69) is 31.5 Å². The predicted octanol–water partition coefficient (Wildman–Crippen LogP) is 3.98. The molecule has 0 bridgehead atoms. The fraction of sp³-hybridized carbons (Fsp3) is 0. The highest BCUT2D eigenvalue weighted by Crippen LogP contribution is 2.35. The molecule has 0 aliphatic heterocycles. The van der Waals surface area contributed by atoms with Crippen LogP contribution in [0.1, 0.15) is 0 Å². The molecule has 1 heterocycles. The van der Waals surface area contributed by atoms with Gasteiger partial charge in [-0.05, 0) is 50.6 Å². The second kappa shape index (κ2) is 5.63. The Bertz CT molecular complexity index is 818. The number of para-hydroxylation sites is 1. The molecule has 5 nitrogen and oxygen atoms in total. The summed E-state index contributed by atoms with van der Waals surface area (Å²) < 4.78 is 2.42. The molecule has 0 radical (unpaired) electrons. The van der Waals surface area contributed by atoms with Gasteiger partial charge in [0.15, 0.2) is 5.82 Å². The number of nitrogens with zero attached hydrogens (tertiary/aromatic N) is 4. The van der Waals surface area contributed by atoms with Crippen LogP contribution in [0, 0.1) is 0 Å². The summed E-state index contributed by atoms with van der Waals surface area (Å²) in [7, 11) is 0. The van der Waals surface area contributed by atoms with E-state index in [0.29, 0.717) is 27.1 Å². The summed E-state index contributed by atoms with van der Waals surface area (Å²) >= 11 is 15.8. The lowest BCUT2D eigenvalue weighted by Crippen LogP contribution is -2.01. The van der Waals surface area contributed by atoms with Crippen LogP contribution in [-0.2, 0) is 0 Å². The van der Waals surface area contributed by atoms with Crippen molar-refractivity contribution in [2.24, 2.45) is 0 Å². The van der Waals surface area contributed by atoms with Crippen molar-refractivity contribution in [1.82, 2.24) is 20.2 Å². The predicted molar refractivity (Wildman–Crippen MR) is 86.7 cm³/mol. The van der Waals surface area contributed by atoms with Crippen LogP contribution < -0.4 is 5.73 Å². The van der Waals surface area contributed by atoms with Gasteiger partial charge >= 0.3 is 0 Å². The molecule has 0 atom stereocenters. The van der Waals surface area contributed by atoms with E-state index >= 15 is 0 Å². The Balaban J connectivity index is 2.23. The zero-order chi connectivity index (χ0) is 15.0. The SMILES string of the molecule is Nc1cc(Cl)c(Cl)c(-c2nnnn2-c2ccccc2Br)c1. The minimum Gasteiger partial charge on any atom is -0.399 e. The van der Waals surface area contributed by atoms with Crippen LogP contribution in [0.15, 0.2) is 40.9 Å². The van der Waals surface area contributed by atoms with Gasteiger partial charge in [-0.1, -0.05) is 35.3 Å². The number of halogens is 3. The minimum absolute atomic E-state index is 0.355. The van der Waals surface area contributed by atoms with E-state index in [0.717, 1.165) is 10.2 Å². The number of hydrogen-bond acceptors (Lipinski definition) is 4. The number of tetrazole rings is 1. The largest absolute Gasteiger partial charge is 0.399 e. The molecule has 3 aromatic rings. The van der Waals surface area contributed by atoms with Gasteiger partial charge in [-0.2, -0.15) is 4.68 Å². The molecule has 3 rings (SSSR count). The van der Waals surface area contributed by atoms with Crippen LogP contribution in [0.5, 0.6) is 0 Å². The van der Waals surface area contributed by atoms with E-state index in [1.54, 1.807) is 16.8 Å². The summed E-state index contributed by atoms with van der Waals surface area (Å²) in [5.74, 6) is 0.459. The van der Waals surface area contributed by atoms with Gasteiger partial charge in [0.1, 0.15) is 0 Å². The summed E-state index contributed by atoms with van der Waals surface area (Å²) in [6.07, 6.45) is 0. The highest BCUT2D eigenvalue weighted by atomic mass is 79.9. The summed E-state index contributed by atoms with van der Waals surface area (Å²) in [6.45, 7) is 0. The number of anilines is 1. The van der Waals surface area contributed by atoms with Crippen LogP contribution in [-0.4, -0.2) is 20.2 Å². The van der Waals surface area contributed by atoms with E-state index in [-0.39, 0.29) is 0 Å². The van der Waals surface area contributed by atoms with Gasteiger partial charge in [-0.3, -0.25) is 0 Å². The summed E-state index contributed by atoms with van der Waals surface area (Å²) in [5.41, 5.74) is 7.67. The number of rotatable bonds is 2. The standard InChI is InChI=1S/C13H8BrCl2N5/c14-9-3-1-2-4-11(9)21-13(18-19-20-21)8-5-7(17)6-10(15)12(8)16/h1-6H,17H2. The maximum absolute atomic E-state index is 6.25. The Kier molecular flexibility index (Phi) is 3.84. The molecule has 8 heteroatoms. The fourth-order valence-corrected chi connectivity index (χ4v) is 2.79. The second-order valence-corrected chi connectivity index (χ2v) is 5.87. The first-order valence-corrected chi connectivity index (χ1v) is 7.41. The van der Waals surface area contributed by atoms with Gasteiger partial charge in [0.25, 0.3) is 0 Å². The summed E-state index contributed by atoms with van der Waals surface area (Å²) in [6, 6.07) is 10.8. The van der Waals surface area contributed by atoms with Crippen molar-refractivity contribution >= 4 is 44.8 Å². The third-order valence-corrected chi connectivity index (χ3v) is 4.31. The van der Waals surface area contributed by atoms with E-state index in [4.69, 9.17) is 28.9 Å². The van der Waals surface area contributed by atoms with Crippen molar-refractivity contribution in [3.8, 4) is 17.1 Å². The summed E-state index contributed by atoms with van der Waals surface area (Å²) in [5, 5.41) is 12.5. The lowest BCUT2D eigenvalue weighted by Gasteiger charge is -2.09. The number of aromatic nitrogens is 4. The van der Waals surface area contributed by atoms with Crippen molar-refractivity contribution in [3.63, 3.8) is 0 Å². The lowest BCUT2D eigenvalue weighted by molar-refractivity contribution is 0.789. The van der Waals surface area contributed by atoms with Crippen molar-refractivity contribution in [3.05, 3.63) is 50.9 Å². The van der Waals surface area contributed by atoms with Crippen molar-refractivity contribution < 1.29 is 0 Å². The van der Waals surface area contributed by atoms with Crippen LogP contribution in [0.3, 0.4) is 0 Å². The topological polar surface area (TPSA) is 69.6 Å². The molecule has 2 N–H and O–H groups in total. The van der Waals surface area contributed by atoms with Crippen molar-refractivity contribution in [2.75, 3.05) is 5.73 Å². The Labute approximate surface area is 138 Å². The first-order valence-electron chi connectivity index (χ1n) is 5.86. The van der Waals surface area contributed by atoms with Gasteiger partial charge in [-0.15, -0.1) is 5.10 Å². The van der Waals surface area contributed by atoms with E-state index < -0.39 is 0 Å². The van der Waals surface area contributed by atoms with Gasteiger partial charge in [0.2, 0.25) is 0 Å². The normalized spacial score (nSPS) is 10.8. The third-order valence-electron chi connectivity index (χ3n) is 2.84. The zero-order valence-corrected chi connectivity index (χ0v) is 13.6. The number of benzene rings is 2. The maximum Gasteiger partial charge on any atom is 0.188 e. The van der Waals surface area contributed by atoms with Crippen LogP contribution in [0.4, 0.5) is 5.69 Å². The quantitative estimate of drug-likeness (QED) is 0.678. The third kappa shape index (κ3) is 2.62. The molecule has 0 amide bonds. The Morgan fingerprint density at radius 2 is 1.90 bits per heavy atom. The van der Waals surface area contributed by atoms with E-state index in [1.165, 1.54) is 0 Å². The molecule has 1 aromatic heterocycles. The van der Waals surface area contributed by atoms with Gasteiger partial charge in [0.05, 0.1) is 15.7 Å². The molecule has 0 aliphatic carbocycles. The Hall–Kier alpha value is -1.63. The Morgan fingerprint density at radius 1 is 1.14 bits per heavy atom. The van der Waals surface area contributed by atoms with E-state index in [9.17, 15) is 0 Å². The first kappa shape index (κ1) is 14.3. The van der Waals surface area contributed by atoms with Crippen LogP contribution >= 0.6 is 39.1 Å². The lowest BCUT2D eigenvalue weighted by atomic mass is 10.2. The molecular weight excluding hydrogens is 377 g/mol. The molecule has 21 heavy (non-hydrogen) atoms. The van der Waals surface area contributed by atoms with Crippen LogP contribution in [0.25, 0.3) is 17.1 Å². The van der Waals surface area contributed by atoms with Gasteiger partial charge < -0.3 is 5.73 Å². The second-order valence-electron chi connectivity index (χ2n) is 4.23. The number of hydrogen-bond donors (Lipinski definition) is 1. The highest BCUT2D eigenvalue weighted by Gasteiger charge is 2.17. The monoisotopic (exact) mass is 383 g/mol. The molecule has 0 aliphatic rings. The zero-order valence-electron chi connectivity index (χ0n) is 10.5. The molecule has 2 aromatic carbocycles. The molecule has 106 valence electrons. The number of nitrogens with two attached hydrogens (primary N) is 1. The first-order chi connectivity index (χ1) is 10.1. The molecule has 0 fully saturated rings. The molecule has 0 spiro atoms. The average Bonchev–Trinajstić information content (AvgIpc) is 2.92. The van der Waals surface area contributed by atoms with Gasteiger partial charge in [0, 0.05) is 15.7 Å². The molecular formula is C13H8BrCl2N5. The van der Waals surface area contributed by atoms with Gasteiger partial charge in [-0.25, -0.2) is 0 Å². The fourth-order valence-electron chi connectivity index (χ4n) is 1.91. The highest BCUT2D eigenvalue weighted by molar-refractivity contribution is 9.10. The minimum atomic E-state index is 0.355. The van der Waals surface area contributed by atoms with E-state index in [1.807, 2.05) is 24.3 Å². The molecule has 0 saturated carbocycles. The smallest absolute Gasteiger partial charge is 0.188 e. The molecule has 0 saturated heterocycles. The molecule has 0 unspecified atom stereocenters. The maximum atomic E-state index is 6.25. The average molecular weight is 385 g/mol. The number of nitrogen functional groups attached to an aromatic ring is 1. The van der Waals surface area contributed by atoms with Crippen molar-refractivity contribution in [2.45, 2.75) is 0 Å². The van der Waals surface area contributed by atoms with Crippen LogP contribution in [0.2, 0.25) is 10.0 Å². The Morgan fingerprint density at radius 3 is 2.67 bits per heavy atom. The van der Waals surface area contributed by atoms with Crippen molar-refractivity contribution in [1.29, 1.82) is 0 Å². The summed E-state index contributed by atoms with van der Waals surface area (Å²) in [4.78, 5) is 0.